The highest BCUT2D eigenvalue weighted by atomic mass is 19.1. The lowest BCUT2D eigenvalue weighted by atomic mass is 9.77. The Bertz CT molecular complexity index is 1040. The fourth-order valence-electron chi connectivity index (χ4n) is 4.82. The van der Waals surface area contributed by atoms with E-state index in [0.717, 1.165) is 31.5 Å². The first-order valence-electron chi connectivity index (χ1n) is 10.1. The Morgan fingerprint density at radius 3 is 2.77 bits per heavy atom. The van der Waals surface area contributed by atoms with E-state index in [-0.39, 0.29) is 18.0 Å². The van der Waals surface area contributed by atoms with Crippen LogP contribution in [0.25, 0.3) is 11.3 Å². The number of halogens is 1. The number of aromatic nitrogens is 5. The summed E-state index contributed by atoms with van der Waals surface area (Å²) in [6.07, 6.45) is 5.48. The molecule has 3 aromatic rings. The van der Waals surface area contributed by atoms with E-state index in [2.05, 4.69) is 25.2 Å². The van der Waals surface area contributed by atoms with Crippen LogP contribution in [0.4, 0.5) is 16.2 Å². The topological polar surface area (TPSA) is 95.0 Å². The van der Waals surface area contributed by atoms with E-state index in [0.29, 0.717) is 29.3 Å². The number of benzene rings is 1. The van der Waals surface area contributed by atoms with E-state index in [4.69, 9.17) is 10.5 Å². The molecule has 156 valence electrons. The average molecular weight is 409 g/mol. The molecule has 1 aliphatic heterocycles. The summed E-state index contributed by atoms with van der Waals surface area (Å²) in [5.41, 5.74) is 7.21. The molecule has 4 atom stereocenters. The number of fused-ring (bicyclic) bond motifs is 1. The average Bonchev–Trinajstić information content (AvgIpc) is 3.40. The van der Waals surface area contributed by atoms with E-state index in [1.54, 1.807) is 25.4 Å². The molecule has 2 N–H and O–H groups in total. The van der Waals surface area contributed by atoms with Crippen molar-refractivity contribution in [3.8, 4) is 11.3 Å². The molecule has 0 unspecified atom stereocenters. The number of nitrogens with two attached hydrogens (primary N) is 1. The molecule has 0 spiro atoms. The van der Waals surface area contributed by atoms with Crippen LogP contribution in [0.15, 0.2) is 42.7 Å². The largest absolute Gasteiger partial charge is 0.384 e. The zero-order valence-electron chi connectivity index (χ0n) is 16.7. The van der Waals surface area contributed by atoms with Gasteiger partial charge in [-0.1, -0.05) is 17.3 Å². The van der Waals surface area contributed by atoms with Crippen molar-refractivity contribution in [2.45, 2.75) is 25.0 Å². The monoisotopic (exact) mass is 409 g/mol. The maximum Gasteiger partial charge on any atom is 0.227 e. The van der Waals surface area contributed by atoms with E-state index in [1.807, 2.05) is 16.9 Å². The zero-order valence-corrected chi connectivity index (χ0v) is 16.7. The van der Waals surface area contributed by atoms with Gasteiger partial charge in [-0.15, -0.1) is 5.10 Å². The van der Waals surface area contributed by atoms with Crippen LogP contribution in [0.3, 0.4) is 0 Å². The Morgan fingerprint density at radius 1 is 1.17 bits per heavy atom. The van der Waals surface area contributed by atoms with Gasteiger partial charge in [0.05, 0.1) is 18.3 Å². The maximum absolute atomic E-state index is 13.6. The van der Waals surface area contributed by atoms with Crippen molar-refractivity contribution in [3.63, 3.8) is 0 Å². The summed E-state index contributed by atoms with van der Waals surface area (Å²) in [5, 5.41) is 8.63. The third-order valence-electron chi connectivity index (χ3n) is 6.31. The molecule has 1 saturated carbocycles. The highest BCUT2D eigenvalue weighted by molar-refractivity contribution is 5.57. The Hall–Kier alpha value is -3.07. The third kappa shape index (κ3) is 3.49. The van der Waals surface area contributed by atoms with E-state index in [1.165, 1.54) is 12.1 Å². The number of nitrogen functional groups attached to an aromatic ring is 1. The lowest BCUT2D eigenvalue weighted by molar-refractivity contribution is -0.00541. The van der Waals surface area contributed by atoms with Crippen LogP contribution >= 0.6 is 0 Å². The summed E-state index contributed by atoms with van der Waals surface area (Å²) < 4.78 is 21.3. The summed E-state index contributed by atoms with van der Waals surface area (Å²) in [7, 11) is 1.75. The van der Waals surface area contributed by atoms with E-state index >= 15 is 0 Å². The predicted molar refractivity (Wildman–Crippen MR) is 110 cm³/mol. The minimum absolute atomic E-state index is 0.0371. The molecule has 2 aromatic heterocycles. The SMILES string of the molecule is CO[C@@H]1C[C@H]2CN(c3nccc(N)n3)C[C@H]2C[C@H]1n1cc(-c2cccc(F)c2)nn1. The van der Waals surface area contributed by atoms with Gasteiger partial charge >= 0.3 is 0 Å². The van der Waals surface area contributed by atoms with Gasteiger partial charge in [0.2, 0.25) is 5.95 Å². The molecular weight excluding hydrogens is 385 g/mol. The summed E-state index contributed by atoms with van der Waals surface area (Å²) in [5.74, 6) is 1.86. The van der Waals surface area contributed by atoms with Crippen LogP contribution in [0.2, 0.25) is 0 Å². The van der Waals surface area contributed by atoms with Crippen molar-refractivity contribution in [1.29, 1.82) is 0 Å². The number of methoxy groups -OCH3 is 1. The molecule has 3 heterocycles. The van der Waals surface area contributed by atoms with Crippen LogP contribution < -0.4 is 10.6 Å². The number of hydrogen-bond acceptors (Lipinski definition) is 7. The summed E-state index contributed by atoms with van der Waals surface area (Å²) in [4.78, 5) is 11.0. The molecule has 1 saturated heterocycles. The van der Waals surface area contributed by atoms with Gasteiger partial charge in [-0.2, -0.15) is 4.98 Å². The molecule has 30 heavy (non-hydrogen) atoms. The van der Waals surface area contributed by atoms with Gasteiger partial charge in [0.25, 0.3) is 0 Å². The molecule has 5 rings (SSSR count). The Balaban J connectivity index is 1.36. The molecular formula is C21H24FN7O. The standard InChI is InChI=1S/C21H24FN7O/c1-30-19-9-15-11-28(21-24-6-5-20(23)25-21)10-14(15)8-18(19)29-12-17(26-27-29)13-3-2-4-16(22)7-13/h2-7,12,14-15,18-19H,8-11H2,1H3,(H2,23,24,25)/t14-,15+,18-,19-/m1/s1. The van der Waals surface area contributed by atoms with Crippen LogP contribution in [0, 0.1) is 17.7 Å². The summed E-state index contributed by atoms with van der Waals surface area (Å²) >= 11 is 0. The van der Waals surface area contributed by atoms with Crippen LogP contribution in [-0.2, 0) is 4.74 Å². The molecule has 2 aliphatic rings. The number of ether oxygens (including phenoxy) is 1. The first-order chi connectivity index (χ1) is 14.6. The minimum atomic E-state index is -0.285. The normalized spacial score (nSPS) is 26.0. The quantitative estimate of drug-likeness (QED) is 0.708. The molecule has 0 bridgehead atoms. The Kier molecular flexibility index (Phi) is 4.82. The number of hydrogen-bond donors (Lipinski definition) is 1. The Labute approximate surface area is 173 Å². The highest BCUT2D eigenvalue weighted by Crippen LogP contribution is 2.43. The van der Waals surface area contributed by atoms with Crippen molar-refractivity contribution in [3.05, 3.63) is 48.5 Å². The first kappa shape index (κ1) is 18.9. The highest BCUT2D eigenvalue weighted by Gasteiger charge is 2.44. The van der Waals surface area contributed by atoms with Gasteiger partial charge in [0.15, 0.2) is 0 Å². The second-order valence-electron chi connectivity index (χ2n) is 8.11. The van der Waals surface area contributed by atoms with Crippen LogP contribution in [0.1, 0.15) is 18.9 Å². The van der Waals surface area contributed by atoms with Crippen LogP contribution in [0.5, 0.6) is 0 Å². The molecule has 8 nitrogen and oxygen atoms in total. The van der Waals surface area contributed by atoms with Crippen molar-refractivity contribution >= 4 is 11.8 Å². The second-order valence-corrected chi connectivity index (χ2v) is 8.11. The summed E-state index contributed by atoms with van der Waals surface area (Å²) in [6, 6.07) is 8.18. The smallest absolute Gasteiger partial charge is 0.227 e. The molecule has 1 aliphatic carbocycles. The zero-order chi connectivity index (χ0) is 20.7. The van der Waals surface area contributed by atoms with Gasteiger partial charge in [0, 0.05) is 32.0 Å². The second kappa shape index (κ2) is 7.64. The van der Waals surface area contributed by atoms with Crippen molar-refractivity contribution in [1.82, 2.24) is 25.0 Å². The van der Waals surface area contributed by atoms with Gasteiger partial charge < -0.3 is 15.4 Å². The van der Waals surface area contributed by atoms with Crippen molar-refractivity contribution in [2.24, 2.45) is 11.8 Å². The molecule has 0 radical (unpaired) electrons. The third-order valence-corrected chi connectivity index (χ3v) is 6.31. The number of rotatable bonds is 4. The number of anilines is 2. The van der Waals surface area contributed by atoms with E-state index in [9.17, 15) is 4.39 Å². The summed E-state index contributed by atoms with van der Waals surface area (Å²) in [6.45, 7) is 1.78. The van der Waals surface area contributed by atoms with Gasteiger partial charge in [-0.05, 0) is 42.9 Å². The lowest BCUT2D eigenvalue weighted by Crippen LogP contribution is -2.37. The molecule has 2 fully saturated rings. The minimum Gasteiger partial charge on any atom is -0.384 e. The van der Waals surface area contributed by atoms with Crippen molar-refractivity contribution in [2.75, 3.05) is 30.8 Å². The Morgan fingerprint density at radius 2 is 2.00 bits per heavy atom. The number of nitrogens with zero attached hydrogens (tertiary/aromatic N) is 6. The molecule has 9 heteroatoms. The van der Waals surface area contributed by atoms with Gasteiger partial charge in [0.1, 0.15) is 17.3 Å². The van der Waals surface area contributed by atoms with Gasteiger partial charge in [-0.3, -0.25) is 0 Å². The molecule has 0 amide bonds. The lowest BCUT2D eigenvalue weighted by Gasteiger charge is -2.36. The van der Waals surface area contributed by atoms with Crippen molar-refractivity contribution < 1.29 is 9.13 Å². The van der Waals surface area contributed by atoms with Crippen LogP contribution in [-0.4, -0.2) is 51.3 Å². The fraction of sp³-hybridized carbons (Fsp3) is 0.429. The fourth-order valence-corrected chi connectivity index (χ4v) is 4.82. The first-order valence-corrected chi connectivity index (χ1v) is 10.1. The maximum atomic E-state index is 13.6. The molecule has 1 aromatic carbocycles. The predicted octanol–water partition coefficient (Wildman–Crippen LogP) is 2.56. The van der Waals surface area contributed by atoms with E-state index < -0.39 is 0 Å². The van der Waals surface area contributed by atoms with Gasteiger partial charge in [-0.25, -0.2) is 14.1 Å².